The molecule has 0 saturated heterocycles. The zero-order valence-electron chi connectivity index (χ0n) is 11.1. The summed E-state index contributed by atoms with van der Waals surface area (Å²) < 4.78 is 0. The zero-order valence-corrected chi connectivity index (χ0v) is 11.9. The zero-order chi connectivity index (χ0) is 13.8. The number of nitrogens with two attached hydrogens (primary N) is 1. The number of rotatable bonds is 4. The number of amides is 1. The number of hydrogen-bond donors (Lipinski definition) is 1. The smallest absolute Gasteiger partial charge is 0.273 e. The quantitative estimate of drug-likeness (QED) is 0.933. The Balaban J connectivity index is 2.14. The van der Waals surface area contributed by atoms with Gasteiger partial charge in [-0.1, -0.05) is 29.8 Å². The van der Waals surface area contributed by atoms with Crippen LogP contribution in [0.25, 0.3) is 0 Å². The lowest BCUT2D eigenvalue weighted by Crippen LogP contribution is -2.30. The van der Waals surface area contributed by atoms with Gasteiger partial charge in [-0.15, -0.1) is 11.3 Å². The highest BCUT2D eigenvalue weighted by Crippen LogP contribution is 2.15. The molecule has 1 heterocycles. The summed E-state index contributed by atoms with van der Waals surface area (Å²) in [6, 6.07) is 8.16. The number of carbonyl (C=O) groups is 1. The molecular formula is C14H17N3OS. The largest absolute Gasteiger partial charge is 0.375 e. The van der Waals surface area contributed by atoms with E-state index in [0.717, 1.165) is 5.56 Å². The number of anilines is 1. The van der Waals surface area contributed by atoms with Gasteiger partial charge in [-0.25, -0.2) is 4.98 Å². The average Bonchev–Trinajstić information content (AvgIpc) is 2.82. The van der Waals surface area contributed by atoms with Gasteiger partial charge < -0.3 is 10.6 Å². The van der Waals surface area contributed by atoms with Crippen molar-refractivity contribution < 1.29 is 4.79 Å². The molecule has 1 amide bonds. The molecule has 19 heavy (non-hydrogen) atoms. The van der Waals surface area contributed by atoms with Crippen molar-refractivity contribution in [3.8, 4) is 0 Å². The van der Waals surface area contributed by atoms with Crippen molar-refractivity contribution in [1.82, 2.24) is 9.88 Å². The fourth-order valence-electron chi connectivity index (χ4n) is 1.91. The van der Waals surface area contributed by atoms with E-state index in [9.17, 15) is 4.79 Å². The minimum absolute atomic E-state index is 0.0723. The van der Waals surface area contributed by atoms with Crippen molar-refractivity contribution in [3.63, 3.8) is 0 Å². The molecule has 1 aromatic carbocycles. The van der Waals surface area contributed by atoms with Crippen molar-refractivity contribution in [2.24, 2.45) is 0 Å². The Hall–Kier alpha value is -1.88. The first-order chi connectivity index (χ1) is 9.10. The lowest BCUT2D eigenvalue weighted by atomic mass is 10.1. The third-order valence-corrected chi connectivity index (χ3v) is 3.54. The maximum atomic E-state index is 12.3. The molecule has 0 aliphatic carbocycles. The number of aryl methyl sites for hydroxylation is 1. The molecule has 0 bridgehead atoms. The molecule has 1 aromatic heterocycles. The van der Waals surface area contributed by atoms with E-state index in [1.165, 1.54) is 16.9 Å². The summed E-state index contributed by atoms with van der Waals surface area (Å²) in [5, 5.41) is 2.13. The minimum atomic E-state index is -0.0723. The monoisotopic (exact) mass is 275 g/mol. The Labute approximate surface area is 116 Å². The van der Waals surface area contributed by atoms with E-state index in [4.69, 9.17) is 5.73 Å². The number of nitrogens with zero attached hydrogens (tertiary/aromatic N) is 2. The van der Waals surface area contributed by atoms with Crippen molar-refractivity contribution in [3.05, 3.63) is 46.5 Å². The van der Waals surface area contributed by atoms with Crippen LogP contribution in [0.1, 0.15) is 28.5 Å². The summed E-state index contributed by atoms with van der Waals surface area (Å²) in [5.41, 5.74) is 8.31. The maximum absolute atomic E-state index is 12.3. The third-order valence-electron chi connectivity index (χ3n) is 2.87. The fourth-order valence-corrected chi connectivity index (χ4v) is 2.44. The number of thiazole rings is 1. The maximum Gasteiger partial charge on any atom is 0.273 e. The van der Waals surface area contributed by atoms with Gasteiger partial charge in [-0.2, -0.15) is 0 Å². The summed E-state index contributed by atoms with van der Waals surface area (Å²) in [6.45, 7) is 5.24. The van der Waals surface area contributed by atoms with E-state index in [1.54, 1.807) is 10.3 Å². The molecule has 2 N–H and O–H groups in total. The van der Waals surface area contributed by atoms with Gasteiger partial charge in [-0.3, -0.25) is 4.79 Å². The molecule has 0 fully saturated rings. The van der Waals surface area contributed by atoms with Crippen LogP contribution in [0.4, 0.5) is 5.13 Å². The van der Waals surface area contributed by atoms with Crippen LogP contribution in [0.2, 0.25) is 0 Å². The van der Waals surface area contributed by atoms with Crippen LogP contribution in [0.5, 0.6) is 0 Å². The Kier molecular flexibility index (Phi) is 4.16. The molecular weight excluding hydrogens is 258 g/mol. The summed E-state index contributed by atoms with van der Waals surface area (Å²) in [5.74, 6) is -0.0723. The first-order valence-electron chi connectivity index (χ1n) is 6.16. The van der Waals surface area contributed by atoms with Crippen LogP contribution < -0.4 is 5.73 Å². The molecule has 0 atom stereocenters. The first-order valence-corrected chi connectivity index (χ1v) is 7.04. The number of aromatic nitrogens is 1. The predicted octanol–water partition coefficient (Wildman–Crippen LogP) is 2.70. The minimum Gasteiger partial charge on any atom is -0.375 e. The molecule has 0 radical (unpaired) electrons. The molecule has 100 valence electrons. The summed E-state index contributed by atoms with van der Waals surface area (Å²) in [6.07, 6.45) is 0. The molecule has 0 unspecified atom stereocenters. The highest BCUT2D eigenvalue weighted by Gasteiger charge is 2.17. The second kappa shape index (κ2) is 5.84. The van der Waals surface area contributed by atoms with Crippen LogP contribution in [-0.4, -0.2) is 22.3 Å². The van der Waals surface area contributed by atoms with E-state index < -0.39 is 0 Å². The Morgan fingerprint density at radius 3 is 2.84 bits per heavy atom. The molecule has 0 saturated carbocycles. The summed E-state index contributed by atoms with van der Waals surface area (Å²) in [4.78, 5) is 18.1. The number of benzene rings is 1. The SMILES string of the molecule is CCN(Cc1cccc(C)c1)C(=O)c1csc(N)n1. The molecule has 4 nitrogen and oxygen atoms in total. The normalized spacial score (nSPS) is 10.4. The average molecular weight is 275 g/mol. The molecule has 0 aliphatic rings. The van der Waals surface area contributed by atoms with Gasteiger partial charge >= 0.3 is 0 Å². The molecule has 0 spiro atoms. The van der Waals surface area contributed by atoms with Crippen molar-refractivity contribution >= 4 is 22.4 Å². The van der Waals surface area contributed by atoms with E-state index in [-0.39, 0.29) is 5.91 Å². The van der Waals surface area contributed by atoms with Crippen molar-refractivity contribution in [2.45, 2.75) is 20.4 Å². The summed E-state index contributed by atoms with van der Waals surface area (Å²) >= 11 is 1.29. The van der Waals surface area contributed by atoms with E-state index in [0.29, 0.717) is 23.9 Å². The first kappa shape index (κ1) is 13.5. The number of hydrogen-bond acceptors (Lipinski definition) is 4. The van der Waals surface area contributed by atoms with Crippen LogP contribution >= 0.6 is 11.3 Å². The Bertz CT molecular complexity index is 580. The predicted molar refractivity (Wildman–Crippen MR) is 78.1 cm³/mol. The van der Waals surface area contributed by atoms with Gasteiger partial charge in [0.15, 0.2) is 5.13 Å². The molecule has 0 aliphatic heterocycles. The number of nitrogen functional groups attached to an aromatic ring is 1. The second-order valence-corrected chi connectivity index (χ2v) is 5.27. The lowest BCUT2D eigenvalue weighted by Gasteiger charge is -2.20. The molecule has 2 aromatic rings. The standard InChI is InChI=1S/C14H17N3OS/c1-3-17(8-11-6-4-5-10(2)7-11)13(18)12-9-19-14(15)16-12/h4-7,9H,3,8H2,1-2H3,(H2,15,16). The van der Waals surface area contributed by atoms with E-state index in [2.05, 4.69) is 11.1 Å². The van der Waals surface area contributed by atoms with Crippen LogP contribution in [0.3, 0.4) is 0 Å². The molecule has 2 rings (SSSR count). The lowest BCUT2D eigenvalue weighted by molar-refractivity contribution is 0.0747. The third kappa shape index (κ3) is 3.32. The van der Waals surface area contributed by atoms with Crippen molar-refractivity contribution in [1.29, 1.82) is 0 Å². The highest BCUT2D eigenvalue weighted by molar-refractivity contribution is 7.13. The van der Waals surface area contributed by atoms with Gasteiger partial charge in [0.25, 0.3) is 5.91 Å². The fraction of sp³-hybridized carbons (Fsp3) is 0.286. The van der Waals surface area contributed by atoms with Crippen LogP contribution in [0, 0.1) is 6.92 Å². The van der Waals surface area contributed by atoms with Gasteiger partial charge in [0.1, 0.15) is 5.69 Å². The molecule has 5 heteroatoms. The van der Waals surface area contributed by atoms with Gasteiger partial charge in [-0.05, 0) is 19.4 Å². The topological polar surface area (TPSA) is 59.2 Å². The van der Waals surface area contributed by atoms with Crippen LogP contribution in [-0.2, 0) is 6.54 Å². The Morgan fingerprint density at radius 2 is 2.26 bits per heavy atom. The van der Waals surface area contributed by atoms with Gasteiger partial charge in [0, 0.05) is 18.5 Å². The van der Waals surface area contributed by atoms with E-state index in [1.807, 2.05) is 32.0 Å². The van der Waals surface area contributed by atoms with E-state index >= 15 is 0 Å². The Morgan fingerprint density at radius 1 is 1.47 bits per heavy atom. The van der Waals surface area contributed by atoms with Crippen LogP contribution in [0.15, 0.2) is 29.6 Å². The van der Waals surface area contributed by atoms with Gasteiger partial charge in [0.05, 0.1) is 0 Å². The number of carbonyl (C=O) groups excluding carboxylic acids is 1. The van der Waals surface area contributed by atoms with Crippen molar-refractivity contribution in [2.75, 3.05) is 12.3 Å². The second-order valence-electron chi connectivity index (χ2n) is 4.38. The summed E-state index contributed by atoms with van der Waals surface area (Å²) in [7, 11) is 0. The van der Waals surface area contributed by atoms with Gasteiger partial charge in [0.2, 0.25) is 0 Å². The highest BCUT2D eigenvalue weighted by atomic mass is 32.1.